The molecule has 0 fully saturated rings. The third-order valence-corrected chi connectivity index (χ3v) is 3.16. The number of benzene rings is 2. The molecule has 2 aromatic rings. The first-order valence-corrected chi connectivity index (χ1v) is 6.57. The predicted octanol–water partition coefficient (Wildman–Crippen LogP) is 4.36. The summed E-state index contributed by atoms with van der Waals surface area (Å²) < 4.78 is 37.6. The molecule has 0 saturated heterocycles. The molecule has 0 radical (unpaired) electrons. The molecule has 0 aliphatic rings. The quantitative estimate of drug-likeness (QED) is 0.835. The zero-order chi connectivity index (χ0) is 16.2. The van der Waals surface area contributed by atoms with E-state index in [1.165, 1.54) is 18.2 Å². The highest BCUT2D eigenvalue weighted by atomic mass is 19.4. The van der Waals surface area contributed by atoms with Gasteiger partial charge in [0, 0.05) is 5.56 Å². The smallest absolute Gasteiger partial charge is 0.342 e. The fourth-order valence-corrected chi connectivity index (χ4v) is 1.97. The second-order valence-corrected chi connectivity index (χ2v) is 4.67. The number of nitrogens with one attached hydrogen (secondary N) is 1. The van der Waals surface area contributed by atoms with Gasteiger partial charge in [0.05, 0.1) is 11.6 Å². The summed E-state index contributed by atoms with van der Waals surface area (Å²) in [5, 5.41) is 2.72. The number of carbonyl (C=O) groups is 1. The molecule has 0 heterocycles. The molecule has 2 nitrogen and oxygen atoms in total. The molecule has 0 spiro atoms. The Morgan fingerprint density at radius 1 is 1.05 bits per heavy atom. The third kappa shape index (κ3) is 3.75. The van der Waals surface area contributed by atoms with E-state index in [-0.39, 0.29) is 5.91 Å². The lowest BCUT2D eigenvalue weighted by atomic mass is 10.0. The van der Waals surface area contributed by atoms with Crippen LogP contribution in [0.3, 0.4) is 0 Å². The van der Waals surface area contributed by atoms with Crippen molar-refractivity contribution in [1.82, 2.24) is 5.32 Å². The highest BCUT2D eigenvalue weighted by Gasteiger charge is 2.30. The third-order valence-electron chi connectivity index (χ3n) is 3.16. The van der Waals surface area contributed by atoms with Gasteiger partial charge in [-0.15, -0.1) is 6.58 Å². The molecule has 0 aliphatic carbocycles. The van der Waals surface area contributed by atoms with Crippen molar-refractivity contribution in [2.45, 2.75) is 12.2 Å². The summed E-state index contributed by atoms with van der Waals surface area (Å²) in [5.41, 5.74) is 0.280. The fourth-order valence-electron chi connectivity index (χ4n) is 1.97. The Labute approximate surface area is 126 Å². The van der Waals surface area contributed by atoms with E-state index in [1.807, 2.05) is 0 Å². The Morgan fingerprint density at radius 2 is 1.64 bits per heavy atom. The molecule has 5 heteroatoms. The van der Waals surface area contributed by atoms with Crippen LogP contribution in [-0.2, 0) is 6.18 Å². The SMILES string of the molecule is C=C[C@H](NC(=O)c1ccccc1)c1ccc(C(F)(F)F)cc1. The molecule has 22 heavy (non-hydrogen) atoms. The van der Waals surface area contributed by atoms with Gasteiger partial charge in [-0.3, -0.25) is 4.79 Å². The number of halogens is 3. The molecule has 1 amide bonds. The van der Waals surface area contributed by atoms with Gasteiger partial charge in [-0.1, -0.05) is 36.4 Å². The van der Waals surface area contributed by atoms with Gasteiger partial charge in [0.2, 0.25) is 0 Å². The van der Waals surface area contributed by atoms with E-state index in [2.05, 4.69) is 11.9 Å². The number of amides is 1. The van der Waals surface area contributed by atoms with Gasteiger partial charge >= 0.3 is 6.18 Å². The van der Waals surface area contributed by atoms with Crippen LogP contribution in [0.25, 0.3) is 0 Å². The van der Waals surface area contributed by atoms with Crippen LogP contribution in [0, 0.1) is 0 Å². The highest BCUT2D eigenvalue weighted by Crippen LogP contribution is 2.30. The summed E-state index contributed by atoms with van der Waals surface area (Å²) in [4.78, 5) is 12.1. The van der Waals surface area contributed by atoms with E-state index >= 15 is 0 Å². The van der Waals surface area contributed by atoms with Crippen molar-refractivity contribution >= 4 is 5.91 Å². The summed E-state index contributed by atoms with van der Waals surface area (Å²) in [6.45, 7) is 3.62. The number of hydrogen-bond acceptors (Lipinski definition) is 1. The molecule has 1 atom stereocenters. The number of hydrogen-bond donors (Lipinski definition) is 1. The standard InChI is InChI=1S/C17H14F3NO/c1-2-15(21-16(22)13-6-4-3-5-7-13)12-8-10-14(11-9-12)17(18,19)20/h2-11,15H,1H2,(H,21,22)/t15-/m0/s1. The summed E-state index contributed by atoms with van der Waals surface area (Å²) in [6, 6.07) is 12.6. The van der Waals surface area contributed by atoms with Crippen LogP contribution in [0.5, 0.6) is 0 Å². The monoisotopic (exact) mass is 305 g/mol. The molecule has 114 valence electrons. The van der Waals surface area contributed by atoms with Crippen LogP contribution < -0.4 is 5.32 Å². The van der Waals surface area contributed by atoms with Crippen LogP contribution in [0.2, 0.25) is 0 Å². The predicted molar refractivity (Wildman–Crippen MR) is 78.3 cm³/mol. The Morgan fingerprint density at radius 3 is 2.14 bits per heavy atom. The first-order valence-electron chi connectivity index (χ1n) is 6.57. The Balaban J connectivity index is 2.15. The maximum Gasteiger partial charge on any atom is 0.416 e. The lowest BCUT2D eigenvalue weighted by molar-refractivity contribution is -0.137. The maximum atomic E-state index is 12.5. The van der Waals surface area contributed by atoms with Gasteiger partial charge in [-0.25, -0.2) is 0 Å². The van der Waals surface area contributed by atoms with Gasteiger partial charge < -0.3 is 5.32 Å². The van der Waals surface area contributed by atoms with Crippen molar-refractivity contribution in [1.29, 1.82) is 0 Å². The van der Waals surface area contributed by atoms with E-state index in [4.69, 9.17) is 0 Å². The maximum absolute atomic E-state index is 12.5. The van der Waals surface area contributed by atoms with Crippen molar-refractivity contribution in [3.8, 4) is 0 Å². The lowest BCUT2D eigenvalue weighted by Gasteiger charge is -2.16. The van der Waals surface area contributed by atoms with E-state index in [0.29, 0.717) is 11.1 Å². The fraction of sp³-hybridized carbons (Fsp3) is 0.118. The summed E-state index contributed by atoms with van der Waals surface area (Å²) >= 11 is 0. The van der Waals surface area contributed by atoms with E-state index < -0.39 is 17.8 Å². The minimum atomic E-state index is -4.38. The molecule has 2 rings (SSSR count). The van der Waals surface area contributed by atoms with Crippen molar-refractivity contribution in [2.75, 3.05) is 0 Å². The first-order chi connectivity index (χ1) is 10.4. The zero-order valence-electron chi connectivity index (χ0n) is 11.6. The van der Waals surface area contributed by atoms with Gasteiger partial charge in [-0.05, 0) is 29.8 Å². The summed E-state index contributed by atoms with van der Waals surface area (Å²) in [7, 11) is 0. The lowest BCUT2D eigenvalue weighted by Crippen LogP contribution is -2.27. The van der Waals surface area contributed by atoms with E-state index in [1.54, 1.807) is 30.3 Å². The average molecular weight is 305 g/mol. The van der Waals surface area contributed by atoms with Crippen molar-refractivity contribution < 1.29 is 18.0 Å². The normalized spacial score (nSPS) is 12.5. The highest BCUT2D eigenvalue weighted by molar-refractivity contribution is 5.94. The van der Waals surface area contributed by atoms with Crippen LogP contribution >= 0.6 is 0 Å². The Hall–Kier alpha value is -2.56. The van der Waals surface area contributed by atoms with E-state index in [9.17, 15) is 18.0 Å². The second kappa shape index (κ2) is 6.47. The largest absolute Gasteiger partial charge is 0.416 e. The minimum absolute atomic E-state index is 0.314. The van der Waals surface area contributed by atoms with Crippen LogP contribution in [0.1, 0.15) is 27.5 Å². The van der Waals surface area contributed by atoms with Gasteiger partial charge in [0.1, 0.15) is 0 Å². The average Bonchev–Trinajstić information content (AvgIpc) is 2.52. The van der Waals surface area contributed by atoms with Crippen LogP contribution in [-0.4, -0.2) is 5.91 Å². The first kappa shape index (κ1) is 15.8. The van der Waals surface area contributed by atoms with Crippen molar-refractivity contribution in [2.24, 2.45) is 0 Å². The van der Waals surface area contributed by atoms with E-state index in [0.717, 1.165) is 12.1 Å². The molecule has 0 aliphatic heterocycles. The molecule has 2 aromatic carbocycles. The molecule has 0 bridgehead atoms. The van der Waals surface area contributed by atoms with Gasteiger partial charge in [0.15, 0.2) is 0 Å². The molecule has 0 saturated carbocycles. The van der Waals surface area contributed by atoms with Crippen molar-refractivity contribution in [3.05, 3.63) is 83.9 Å². The zero-order valence-corrected chi connectivity index (χ0v) is 11.6. The molecule has 0 unspecified atom stereocenters. The van der Waals surface area contributed by atoms with Crippen LogP contribution in [0.15, 0.2) is 67.3 Å². The molecule has 1 N–H and O–H groups in total. The van der Waals surface area contributed by atoms with Crippen LogP contribution in [0.4, 0.5) is 13.2 Å². The summed E-state index contributed by atoms with van der Waals surface area (Å²) in [6.07, 6.45) is -2.90. The minimum Gasteiger partial charge on any atom is -0.342 e. The molecular weight excluding hydrogens is 291 g/mol. The van der Waals surface area contributed by atoms with Gasteiger partial charge in [-0.2, -0.15) is 13.2 Å². The number of carbonyl (C=O) groups excluding carboxylic acids is 1. The summed E-state index contributed by atoms with van der Waals surface area (Å²) in [5.74, 6) is -0.314. The van der Waals surface area contributed by atoms with Gasteiger partial charge in [0.25, 0.3) is 5.91 Å². The number of rotatable bonds is 4. The van der Waals surface area contributed by atoms with Crippen molar-refractivity contribution in [3.63, 3.8) is 0 Å². The Kier molecular flexibility index (Phi) is 4.65. The molecule has 0 aromatic heterocycles. The second-order valence-electron chi connectivity index (χ2n) is 4.67. The topological polar surface area (TPSA) is 29.1 Å². The Bertz CT molecular complexity index is 648. The number of alkyl halides is 3. The molecular formula is C17H14F3NO.